The van der Waals surface area contributed by atoms with Gasteiger partial charge in [-0.25, -0.2) is 15.0 Å². The van der Waals surface area contributed by atoms with Gasteiger partial charge in [-0.1, -0.05) is 109 Å². The average molecular weight is 606 g/mol. The van der Waals surface area contributed by atoms with Crippen LogP contribution in [-0.2, 0) is 0 Å². The number of nitrogens with zero attached hydrogens (tertiary/aromatic N) is 3. The largest absolute Gasteiger partial charge is 0.455 e. The molecule has 10 aromatic rings. The maximum absolute atomic E-state index is 6.61. The Hall–Kier alpha value is -5.91. The molecule has 0 atom stereocenters. The summed E-state index contributed by atoms with van der Waals surface area (Å²) in [5.74, 6) is 1.85. The third-order valence-corrected chi connectivity index (χ3v) is 10.0. The molecule has 0 aliphatic heterocycles. The summed E-state index contributed by atoms with van der Waals surface area (Å²) in [5.41, 5.74) is 4.42. The second kappa shape index (κ2) is 9.80. The van der Waals surface area contributed by atoms with E-state index in [1.54, 1.807) is 11.3 Å². The minimum absolute atomic E-state index is 0.588. The summed E-state index contributed by atoms with van der Waals surface area (Å²) in [6, 6.07) is 48.6. The molecular weight excluding hydrogens is 583 g/mol. The molecule has 46 heavy (non-hydrogen) atoms. The molecule has 0 saturated carbocycles. The van der Waals surface area contributed by atoms with Gasteiger partial charge in [-0.3, -0.25) is 0 Å². The fourth-order valence-corrected chi connectivity index (χ4v) is 7.90. The number of furan rings is 1. The highest BCUT2D eigenvalue weighted by molar-refractivity contribution is 7.25. The van der Waals surface area contributed by atoms with Gasteiger partial charge in [0.25, 0.3) is 0 Å². The monoisotopic (exact) mass is 605 g/mol. The molecule has 0 radical (unpaired) electrons. The highest BCUT2D eigenvalue weighted by Crippen LogP contribution is 2.43. The van der Waals surface area contributed by atoms with Crippen molar-refractivity contribution in [2.45, 2.75) is 0 Å². The number of para-hydroxylation sites is 1. The molecule has 4 nitrogen and oxygen atoms in total. The van der Waals surface area contributed by atoms with Crippen LogP contribution in [0, 0.1) is 0 Å². The molecule has 0 fully saturated rings. The zero-order valence-corrected chi connectivity index (χ0v) is 25.3. The molecule has 10 rings (SSSR count). The van der Waals surface area contributed by atoms with E-state index >= 15 is 0 Å². The number of thiophene rings is 1. The highest BCUT2D eigenvalue weighted by atomic mass is 32.1. The maximum atomic E-state index is 6.61. The van der Waals surface area contributed by atoms with Crippen LogP contribution in [0.1, 0.15) is 0 Å². The van der Waals surface area contributed by atoms with Crippen molar-refractivity contribution in [3.63, 3.8) is 0 Å². The van der Waals surface area contributed by atoms with E-state index in [0.29, 0.717) is 17.5 Å². The van der Waals surface area contributed by atoms with Gasteiger partial charge in [0.15, 0.2) is 17.5 Å². The first kappa shape index (κ1) is 25.4. The Morgan fingerprint density at radius 3 is 2.07 bits per heavy atom. The van der Waals surface area contributed by atoms with Crippen LogP contribution in [-0.4, -0.2) is 15.0 Å². The molecule has 5 heteroatoms. The summed E-state index contributed by atoms with van der Waals surface area (Å²) in [7, 11) is 0. The number of hydrogen-bond acceptors (Lipinski definition) is 5. The lowest BCUT2D eigenvalue weighted by atomic mass is 9.99. The molecule has 0 N–H and O–H groups in total. The Balaban J connectivity index is 1.33. The molecule has 0 aliphatic rings. The van der Waals surface area contributed by atoms with Crippen molar-refractivity contribution < 1.29 is 4.42 Å². The third kappa shape index (κ3) is 3.82. The van der Waals surface area contributed by atoms with Crippen molar-refractivity contribution in [2.75, 3.05) is 0 Å². The fraction of sp³-hybridized carbons (Fsp3) is 0. The standard InChI is InChI=1S/C41H23N3OS/c1-2-11-25-22-27(21-20-24(25)10-1)39-42-40(31-16-9-19-35-36(31)30-15-6-8-18-34(30)46-35)44-41(43-39)37-28-13-4-3-12-26(28)23-32-29-14-5-7-17-33(29)45-38(32)37/h1-23H. The SMILES string of the molecule is c1ccc2cc(-c3nc(-c4c5ccccc5cc5c4oc4ccccc45)nc(-c4cccc5sc6ccccc6c45)n3)ccc2c1. The van der Waals surface area contributed by atoms with Gasteiger partial charge in [-0.15, -0.1) is 11.3 Å². The van der Waals surface area contributed by atoms with Gasteiger partial charge < -0.3 is 4.42 Å². The zero-order chi connectivity index (χ0) is 30.2. The van der Waals surface area contributed by atoms with E-state index in [0.717, 1.165) is 60.2 Å². The second-order valence-electron chi connectivity index (χ2n) is 11.6. The highest BCUT2D eigenvalue weighted by Gasteiger charge is 2.22. The Morgan fingerprint density at radius 2 is 1.15 bits per heavy atom. The molecule has 0 aliphatic carbocycles. The summed E-state index contributed by atoms with van der Waals surface area (Å²) in [4.78, 5) is 15.7. The molecule has 0 bridgehead atoms. The van der Waals surface area contributed by atoms with Crippen LogP contribution in [0.2, 0.25) is 0 Å². The van der Waals surface area contributed by atoms with Crippen LogP contribution in [0.5, 0.6) is 0 Å². The zero-order valence-electron chi connectivity index (χ0n) is 24.4. The van der Waals surface area contributed by atoms with Crippen molar-refractivity contribution in [1.82, 2.24) is 15.0 Å². The third-order valence-electron chi connectivity index (χ3n) is 8.90. The lowest BCUT2D eigenvalue weighted by Crippen LogP contribution is -2.01. The quantitative estimate of drug-likeness (QED) is 0.201. The summed E-state index contributed by atoms with van der Waals surface area (Å²) in [5, 5.41) is 8.94. The Labute approximate surface area is 267 Å². The van der Waals surface area contributed by atoms with Gasteiger partial charge in [0, 0.05) is 42.1 Å². The number of aromatic nitrogens is 3. The van der Waals surface area contributed by atoms with Gasteiger partial charge in [0.05, 0.1) is 5.56 Å². The van der Waals surface area contributed by atoms with Crippen LogP contribution in [0.3, 0.4) is 0 Å². The summed E-state index contributed by atoms with van der Waals surface area (Å²) < 4.78 is 9.06. The number of rotatable bonds is 3. The van der Waals surface area contributed by atoms with Crippen molar-refractivity contribution in [1.29, 1.82) is 0 Å². The van der Waals surface area contributed by atoms with E-state index in [1.165, 1.54) is 20.2 Å². The van der Waals surface area contributed by atoms with Gasteiger partial charge >= 0.3 is 0 Å². The van der Waals surface area contributed by atoms with E-state index in [9.17, 15) is 0 Å². The predicted octanol–water partition coefficient (Wildman–Crippen LogP) is 11.4. The molecule has 0 amide bonds. The Kier molecular flexibility index (Phi) is 5.41. The van der Waals surface area contributed by atoms with E-state index < -0.39 is 0 Å². The molecule has 0 unspecified atom stereocenters. The first-order valence-electron chi connectivity index (χ1n) is 15.3. The average Bonchev–Trinajstić information content (AvgIpc) is 3.68. The number of benzene rings is 7. The normalized spacial score (nSPS) is 11.9. The minimum Gasteiger partial charge on any atom is -0.455 e. The predicted molar refractivity (Wildman–Crippen MR) is 191 cm³/mol. The van der Waals surface area contributed by atoms with Crippen molar-refractivity contribution in [2.24, 2.45) is 0 Å². The first-order valence-corrected chi connectivity index (χ1v) is 16.1. The maximum Gasteiger partial charge on any atom is 0.168 e. The van der Waals surface area contributed by atoms with Crippen molar-refractivity contribution in [3.8, 4) is 34.2 Å². The van der Waals surface area contributed by atoms with Crippen LogP contribution < -0.4 is 0 Å². The molecule has 214 valence electrons. The number of hydrogen-bond donors (Lipinski definition) is 0. The lowest BCUT2D eigenvalue weighted by Gasteiger charge is -2.12. The summed E-state index contributed by atoms with van der Waals surface area (Å²) in [6.45, 7) is 0. The van der Waals surface area contributed by atoms with Gasteiger partial charge in [0.2, 0.25) is 0 Å². The van der Waals surface area contributed by atoms with Gasteiger partial charge in [-0.05, 0) is 51.9 Å². The molecule has 3 heterocycles. The Morgan fingerprint density at radius 1 is 0.457 bits per heavy atom. The first-order chi connectivity index (χ1) is 22.8. The molecule has 7 aromatic carbocycles. The van der Waals surface area contributed by atoms with Crippen molar-refractivity contribution in [3.05, 3.63) is 140 Å². The van der Waals surface area contributed by atoms with E-state index in [4.69, 9.17) is 19.4 Å². The van der Waals surface area contributed by atoms with Gasteiger partial charge in [-0.2, -0.15) is 0 Å². The number of fused-ring (bicyclic) bond motifs is 8. The van der Waals surface area contributed by atoms with E-state index in [2.05, 4.69) is 127 Å². The minimum atomic E-state index is 0.588. The Bertz CT molecular complexity index is 2830. The van der Waals surface area contributed by atoms with Crippen molar-refractivity contribution >= 4 is 75.0 Å². The molecule has 0 spiro atoms. The summed E-state index contributed by atoms with van der Waals surface area (Å²) >= 11 is 1.79. The second-order valence-corrected chi connectivity index (χ2v) is 12.7. The molecular formula is C41H23N3OS. The molecule has 0 saturated heterocycles. The molecule has 3 aromatic heterocycles. The van der Waals surface area contributed by atoms with Crippen LogP contribution in [0.4, 0.5) is 0 Å². The van der Waals surface area contributed by atoms with Crippen LogP contribution in [0.25, 0.3) is 97.8 Å². The smallest absolute Gasteiger partial charge is 0.168 e. The van der Waals surface area contributed by atoms with E-state index in [-0.39, 0.29) is 0 Å². The van der Waals surface area contributed by atoms with Gasteiger partial charge in [0.1, 0.15) is 11.2 Å². The fourth-order valence-electron chi connectivity index (χ4n) is 6.77. The topological polar surface area (TPSA) is 51.8 Å². The van der Waals surface area contributed by atoms with Crippen LogP contribution in [0.15, 0.2) is 144 Å². The van der Waals surface area contributed by atoms with Crippen LogP contribution >= 0.6 is 11.3 Å². The lowest BCUT2D eigenvalue weighted by molar-refractivity contribution is 0.670. The van der Waals surface area contributed by atoms with E-state index in [1.807, 2.05) is 12.1 Å². The summed E-state index contributed by atoms with van der Waals surface area (Å²) in [6.07, 6.45) is 0.